The molecule has 2 rings (SSSR count). The lowest BCUT2D eigenvalue weighted by molar-refractivity contribution is -0.119. The molecule has 86 valence electrons. The largest absolute Gasteiger partial charge is 0.478 e. The maximum Gasteiger partial charge on any atom is 0.337 e. The number of carbonyl (C=O) groups is 3. The molecule has 0 unspecified atom stereocenters. The van der Waals surface area contributed by atoms with E-state index in [9.17, 15) is 14.4 Å². The Bertz CT molecular complexity index is 547. The predicted octanol–water partition coefficient (Wildman–Crippen LogP) is 1.47. The molecular weight excluding hydrogens is 246 g/mol. The zero-order chi connectivity index (χ0) is 12.6. The number of anilines is 1. The number of imide groups is 1. The van der Waals surface area contributed by atoms with Gasteiger partial charge in [0.2, 0.25) is 0 Å². The summed E-state index contributed by atoms with van der Waals surface area (Å²) in [6, 6.07) is 3.90. The van der Waals surface area contributed by atoms with Gasteiger partial charge in [0.05, 0.1) is 11.3 Å². The van der Waals surface area contributed by atoms with Crippen LogP contribution in [0.3, 0.4) is 0 Å². The van der Waals surface area contributed by atoms with Crippen molar-refractivity contribution in [2.45, 2.75) is 0 Å². The van der Waals surface area contributed by atoms with Gasteiger partial charge in [0.1, 0.15) is 0 Å². The Balaban J connectivity index is 2.58. The summed E-state index contributed by atoms with van der Waals surface area (Å²) in [5.41, 5.74) is -0.176. The number of amides is 2. The minimum atomic E-state index is -1.23. The minimum Gasteiger partial charge on any atom is -0.478 e. The van der Waals surface area contributed by atoms with Crippen LogP contribution >= 0.6 is 11.6 Å². The molecule has 0 atom stereocenters. The SMILES string of the molecule is O=C(O)c1ccc(Cl)cc1N1C(=O)C=CC1=O. The molecule has 1 aliphatic rings. The average Bonchev–Trinajstić information content (AvgIpc) is 2.58. The summed E-state index contributed by atoms with van der Waals surface area (Å²) < 4.78 is 0. The van der Waals surface area contributed by atoms with Crippen LogP contribution in [0.25, 0.3) is 0 Å². The van der Waals surface area contributed by atoms with Gasteiger partial charge in [-0.05, 0) is 18.2 Å². The standard InChI is InChI=1S/C11H6ClNO4/c12-6-1-2-7(11(16)17)8(5-6)13-9(14)3-4-10(13)15/h1-5H,(H,16,17). The smallest absolute Gasteiger partial charge is 0.337 e. The van der Waals surface area contributed by atoms with Gasteiger partial charge in [-0.1, -0.05) is 11.6 Å². The molecule has 1 aromatic rings. The zero-order valence-corrected chi connectivity index (χ0v) is 9.14. The highest BCUT2D eigenvalue weighted by atomic mass is 35.5. The number of carboxylic acids is 1. The Morgan fingerprint density at radius 3 is 2.29 bits per heavy atom. The molecule has 5 nitrogen and oxygen atoms in total. The van der Waals surface area contributed by atoms with Crippen LogP contribution in [0, 0.1) is 0 Å². The van der Waals surface area contributed by atoms with Gasteiger partial charge in [0, 0.05) is 17.2 Å². The first-order chi connectivity index (χ1) is 8.00. The fourth-order valence-electron chi connectivity index (χ4n) is 1.51. The van der Waals surface area contributed by atoms with Crippen molar-refractivity contribution in [1.29, 1.82) is 0 Å². The zero-order valence-electron chi connectivity index (χ0n) is 8.38. The number of rotatable bonds is 2. The van der Waals surface area contributed by atoms with E-state index in [1.165, 1.54) is 18.2 Å². The summed E-state index contributed by atoms with van der Waals surface area (Å²) in [5, 5.41) is 9.22. The molecule has 0 aromatic heterocycles. The molecular formula is C11H6ClNO4. The maximum atomic E-state index is 11.5. The topological polar surface area (TPSA) is 74.7 Å². The Hall–Kier alpha value is -2.14. The molecule has 17 heavy (non-hydrogen) atoms. The van der Waals surface area contributed by atoms with Gasteiger partial charge in [-0.15, -0.1) is 0 Å². The fourth-order valence-corrected chi connectivity index (χ4v) is 1.67. The Morgan fingerprint density at radius 1 is 1.18 bits per heavy atom. The molecule has 0 saturated heterocycles. The lowest BCUT2D eigenvalue weighted by Crippen LogP contribution is -2.31. The van der Waals surface area contributed by atoms with Crippen molar-refractivity contribution >= 4 is 35.1 Å². The van der Waals surface area contributed by atoms with Crippen LogP contribution < -0.4 is 4.90 Å². The molecule has 0 bridgehead atoms. The summed E-state index contributed by atoms with van der Waals surface area (Å²) in [6.45, 7) is 0. The van der Waals surface area contributed by atoms with Crippen molar-refractivity contribution in [2.75, 3.05) is 4.90 Å². The quantitative estimate of drug-likeness (QED) is 0.808. The molecule has 1 N–H and O–H groups in total. The molecule has 0 radical (unpaired) electrons. The number of carbonyl (C=O) groups excluding carboxylic acids is 2. The summed E-state index contributed by atoms with van der Waals surface area (Å²) in [4.78, 5) is 34.7. The lowest BCUT2D eigenvalue weighted by Gasteiger charge is -2.16. The van der Waals surface area contributed by atoms with E-state index >= 15 is 0 Å². The highest BCUT2D eigenvalue weighted by molar-refractivity contribution is 6.33. The van der Waals surface area contributed by atoms with Gasteiger partial charge in [-0.3, -0.25) is 9.59 Å². The van der Waals surface area contributed by atoms with Gasteiger partial charge < -0.3 is 5.11 Å². The first kappa shape index (κ1) is 11.3. The second kappa shape index (κ2) is 4.03. The highest BCUT2D eigenvalue weighted by Crippen LogP contribution is 2.27. The third-order valence-corrected chi connectivity index (χ3v) is 2.48. The second-order valence-electron chi connectivity index (χ2n) is 3.31. The van der Waals surface area contributed by atoms with Crippen molar-refractivity contribution < 1.29 is 19.5 Å². The summed E-state index contributed by atoms with van der Waals surface area (Å²) in [6.07, 6.45) is 2.16. The molecule has 1 heterocycles. The van der Waals surface area contributed by atoms with E-state index in [0.29, 0.717) is 0 Å². The molecule has 1 aliphatic heterocycles. The van der Waals surface area contributed by atoms with E-state index in [2.05, 4.69) is 0 Å². The summed E-state index contributed by atoms with van der Waals surface area (Å²) in [5.74, 6) is -2.40. The number of carboxylic acid groups (broad SMARTS) is 1. The van der Waals surface area contributed by atoms with E-state index in [0.717, 1.165) is 17.1 Å². The van der Waals surface area contributed by atoms with Crippen LogP contribution in [0.15, 0.2) is 30.4 Å². The van der Waals surface area contributed by atoms with Crippen molar-refractivity contribution in [3.8, 4) is 0 Å². The third kappa shape index (κ3) is 1.92. The van der Waals surface area contributed by atoms with Crippen LogP contribution in [0.4, 0.5) is 5.69 Å². The van der Waals surface area contributed by atoms with E-state index in [1.54, 1.807) is 0 Å². The number of hydrogen-bond acceptors (Lipinski definition) is 3. The molecule has 1 aromatic carbocycles. The van der Waals surface area contributed by atoms with Crippen molar-refractivity contribution in [3.05, 3.63) is 40.9 Å². The number of aromatic carboxylic acids is 1. The average molecular weight is 252 g/mol. The second-order valence-corrected chi connectivity index (χ2v) is 3.75. The van der Waals surface area contributed by atoms with E-state index in [1.807, 2.05) is 0 Å². The van der Waals surface area contributed by atoms with Gasteiger partial charge >= 0.3 is 5.97 Å². The fraction of sp³-hybridized carbons (Fsp3) is 0. The number of halogens is 1. The lowest BCUT2D eigenvalue weighted by atomic mass is 10.1. The van der Waals surface area contributed by atoms with Gasteiger partial charge in [-0.25, -0.2) is 9.69 Å². The van der Waals surface area contributed by atoms with Crippen LogP contribution in [0.1, 0.15) is 10.4 Å². The monoisotopic (exact) mass is 251 g/mol. The van der Waals surface area contributed by atoms with Crippen LogP contribution in [0.5, 0.6) is 0 Å². The maximum absolute atomic E-state index is 11.5. The number of benzene rings is 1. The van der Waals surface area contributed by atoms with Crippen molar-refractivity contribution in [2.24, 2.45) is 0 Å². The Morgan fingerprint density at radius 2 is 1.76 bits per heavy atom. The first-order valence-electron chi connectivity index (χ1n) is 4.59. The highest BCUT2D eigenvalue weighted by Gasteiger charge is 2.28. The molecule has 0 spiro atoms. The van der Waals surface area contributed by atoms with E-state index in [4.69, 9.17) is 16.7 Å². The molecule has 6 heteroatoms. The van der Waals surface area contributed by atoms with E-state index in [-0.39, 0.29) is 16.3 Å². The predicted molar refractivity (Wildman–Crippen MR) is 60.0 cm³/mol. The van der Waals surface area contributed by atoms with Crippen LogP contribution in [-0.2, 0) is 9.59 Å². The van der Waals surface area contributed by atoms with Gasteiger partial charge in [-0.2, -0.15) is 0 Å². The minimum absolute atomic E-state index is 0.0231. The van der Waals surface area contributed by atoms with Crippen molar-refractivity contribution in [3.63, 3.8) is 0 Å². The summed E-state index contributed by atoms with van der Waals surface area (Å²) in [7, 11) is 0. The normalized spacial score (nSPS) is 14.5. The van der Waals surface area contributed by atoms with Crippen LogP contribution in [0.2, 0.25) is 5.02 Å². The van der Waals surface area contributed by atoms with Gasteiger partial charge in [0.25, 0.3) is 11.8 Å². The summed E-state index contributed by atoms with van der Waals surface area (Å²) >= 11 is 5.73. The Kier molecular flexibility index (Phi) is 2.69. The van der Waals surface area contributed by atoms with Gasteiger partial charge in [0.15, 0.2) is 0 Å². The number of nitrogens with zero attached hydrogens (tertiary/aromatic N) is 1. The third-order valence-electron chi connectivity index (χ3n) is 2.24. The van der Waals surface area contributed by atoms with Crippen molar-refractivity contribution in [1.82, 2.24) is 0 Å². The number of hydrogen-bond donors (Lipinski definition) is 1. The molecule has 0 fully saturated rings. The molecule has 0 aliphatic carbocycles. The Labute approximate surface area is 101 Å². The van der Waals surface area contributed by atoms with E-state index < -0.39 is 17.8 Å². The first-order valence-corrected chi connectivity index (χ1v) is 4.97. The van der Waals surface area contributed by atoms with Crippen LogP contribution in [-0.4, -0.2) is 22.9 Å². The molecule has 0 saturated carbocycles. The molecule has 2 amide bonds.